The number of ether oxygens (including phenoxy) is 2. The highest BCUT2D eigenvalue weighted by Crippen LogP contribution is 2.52. The van der Waals surface area contributed by atoms with Crippen molar-refractivity contribution >= 4 is 16.8 Å². The van der Waals surface area contributed by atoms with Crippen molar-refractivity contribution in [2.24, 2.45) is 0 Å². The molecule has 2 atom stereocenters. The summed E-state index contributed by atoms with van der Waals surface area (Å²) in [5, 5.41) is 62.3. The van der Waals surface area contributed by atoms with Gasteiger partial charge in [0.1, 0.15) is 62.9 Å². The maximum absolute atomic E-state index is 14.1. The molecule has 42 heavy (non-hydrogen) atoms. The third-order valence-corrected chi connectivity index (χ3v) is 7.15. The molecule has 0 saturated heterocycles. The van der Waals surface area contributed by atoms with Crippen LogP contribution in [-0.2, 0) is 0 Å². The van der Waals surface area contributed by atoms with E-state index in [1.54, 1.807) is 0 Å². The van der Waals surface area contributed by atoms with Crippen LogP contribution in [0.15, 0.2) is 75.9 Å². The van der Waals surface area contributed by atoms with Gasteiger partial charge in [0.15, 0.2) is 22.7 Å². The molecule has 6 rings (SSSR count). The van der Waals surface area contributed by atoms with Crippen LogP contribution in [0, 0.1) is 0 Å². The number of benzene rings is 4. The molecule has 11 heteroatoms. The quantitative estimate of drug-likeness (QED) is 0.174. The Morgan fingerprint density at radius 2 is 1.48 bits per heavy atom. The smallest absolute Gasteiger partial charge is 0.197 e. The second-order valence-corrected chi connectivity index (χ2v) is 9.70. The molecule has 5 aromatic rings. The second-order valence-electron chi connectivity index (χ2n) is 9.70. The number of ketones is 1. The number of phenols is 6. The van der Waals surface area contributed by atoms with Crippen LogP contribution in [0.5, 0.6) is 46.0 Å². The molecule has 0 spiro atoms. The Morgan fingerprint density at radius 1 is 0.738 bits per heavy atom. The first kappa shape index (κ1) is 26.4. The maximum Gasteiger partial charge on any atom is 0.197 e. The topological polar surface area (TPSA) is 187 Å². The Morgan fingerprint density at radius 3 is 2.17 bits per heavy atom. The average molecular weight is 571 g/mol. The molecular formula is C31H22O11. The minimum Gasteiger partial charge on any atom is -0.508 e. The van der Waals surface area contributed by atoms with Crippen molar-refractivity contribution in [3.05, 3.63) is 93.6 Å². The first-order chi connectivity index (χ1) is 20.1. The first-order valence-corrected chi connectivity index (χ1v) is 12.5. The summed E-state index contributed by atoms with van der Waals surface area (Å²) in [6.07, 6.45) is -1.22. The monoisotopic (exact) mass is 570 g/mol. The van der Waals surface area contributed by atoms with Crippen LogP contribution < -0.4 is 14.9 Å². The lowest BCUT2D eigenvalue weighted by Crippen LogP contribution is -2.30. The van der Waals surface area contributed by atoms with Crippen molar-refractivity contribution in [3.63, 3.8) is 0 Å². The van der Waals surface area contributed by atoms with Gasteiger partial charge in [-0.15, -0.1) is 0 Å². The molecule has 2 heterocycles. The molecular weight excluding hydrogens is 548 g/mol. The van der Waals surface area contributed by atoms with E-state index in [4.69, 9.17) is 13.9 Å². The molecule has 0 aliphatic carbocycles. The zero-order chi connectivity index (χ0) is 29.9. The van der Waals surface area contributed by atoms with E-state index in [1.165, 1.54) is 49.6 Å². The summed E-state index contributed by atoms with van der Waals surface area (Å²) < 4.78 is 17.3. The number of phenolic OH excluding ortho intramolecular Hbond substituents is 6. The minimum atomic E-state index is -1.46. The molecule has 0 saturated carbocycles. The standard InChI is InChI=1S/C31H22O11/c1-40-22-7-4-14(8-17(22)34)23-12-21(38)25-19(36)11-20(37)27(31(25)41-23)28-29(39)26-18(35)9-16(33)10-24(26)42-30(28)13-2-5-15(32)6-3-13/h2-12,28,30,32-37H,1H3. The Kier molecular flexibility index (Phi) is 6.07. The molecule has 2 unspecified atom stereocenters. The van der Waals surface area contributed by atoms with Gasteiger partial charge in [-0.1, -0.05) is 12.1 Å². The molecule has 1 aliphatic rings. The molecule has 1 aliphatic heterocycles. The predicted octanol–water partition coefficient (Wildman–Crippen LogP) is 4.80. The lowest BCUT2D eigenvalue weighted by atomic mass is 9.79. The van der Waals surface area contributed by atoms with E-state index in [0.29, 0.717) is 5.56 Å². The highest BCUT2D eigenvalue weighted by molar-refractivity contribution is 6.09. The van der Waals surface area contributed by atoms with Gasteiger partial charge in [0.2, 0.25) is 0 Å². The van der Waals surface area contributed by atoms with Crippen molar-refractivity contribution in [3.8, 4) is 57.3 Å². The van der Waals surface area contributed by atoms with E-state index < -0.39 is 40.5 Å². The van der Waals surface area contributed by atoms with Gasteiger partial charge in [0.05, 0.1) is 18.6 Å². The van der Waals surface area contributed by atoms with Gasteiger partial charge < -0.3 is 44.5 Å². The first-order valence-electron chi connectivity index (χ1n) is 12.5. The van der Waals surface area contributed by atoms with E-state index in [2.05, 4.69) is 0 Å². The summed E-state index contributed by atoms with van der Waals surface area (Å²) in [5.74, 6) is -4.69. The van der Waals surface area contributed by atoms with Gasteiger partial charge in [-0.05, 0) is 35.9 Å². The minimum absolute atomic E-state index is 0.0600. The number of carbonyl (C=O) groups is 1. The molecule has 4 aromatic carbocycles. The largest absolute Gasteiger partial charge is 0.508 e. The predicted molar refractivity (Wildman–Crippen MR) is 148 cm³/mol. The van der Waals surface area contributed by atoms with Crippen molar-refractivity contribution in [1.29, 1.82) is 0 Å². The number of methoxy groups -OCH3 is 1. The lowest BCUT2D eigenvalue weighted by molar-refractivity contribution is 0.0772. The van der Waals surface area contributed by atoms with Crippen molar-refractivity contribution < 1.29 is 49.3 Å². The number of rotatable bonds is 4. The van der Waals surface area contributed by atoms with Crippen LogP contribution in [0.25, 0.3) is 22.3 Å². The summed E-state index contributed by atoms with van der Waals surface area (Å²) >= 11 is 0. The summed E-state index contributed by atoms with van der Waals surface area (Å²) in [5.41, 5.74) is -0.941. The molecule has 0 fully saturated rings. The molecule has 212 valence electrons. The zero-order valence-electron chi connectivity index (χ0n) is 21.7. The molecule has 0 bridgehead atoms. The van der Waals surface area contributed by atoms with Crippen LogP contribution in [0.4, 0.5) is 0 Å². The Hall–Kier alpha value is -5.84. The fourth-order valence-electron chi connectivity index (χ4n) is 5.24. The van der Waals surface area contributed by atoms with E-state index in [-0.39, 0.29) is 62.2 Å². The van der Waals surface area contributed by atoms with Gasteiger partial charge in [0, 0.05) is 29.8 Å². The summed E-state index contributed by atoms with van der Waals surface area (Å²) in [6.45, 7) is 0. The van der Waals surface area contributed by atoms with Gasteiger partial charge in [-0.25, -0.2) is 0 Å². The van der Waals surface area contributed by atoms with E-state index >= 15 is 0 Å². The number of fused-ring (bicyclic) bond motifs is 2. The molecule has 0 radical (unpaired) electrons. The second kappa shape index (κ2) is 9.66. The summed E-state index contributed by atoms with van der Waals surface area (Å²) in [6, 6.07) is 14.0. The number of hydrogen-bond acceptors (Lipinski definition) is 11. The SMILES string of the molecule is COc1ccc(-c2cc(=O)c3c(O)cc(O)c(C4C(=O)c5c(O)cc(O)cc5OC4c4ccc(O)cc4)c3o2)cc1O. The van der Waals surface area contributed by atoms with Crippen LogP contribution in [0.3, 0.4) is 0 Å². The van der Waals surface area contributed by atoms with E-state index in [0.717, 1.165) is 24.3 Å². The van der Waals surface area contributed by atoms with Crippen LogP contribution in [-0.4, -0.2) is 43.5 Å². The number of hydrogen-bond donors (Lipinski definition) is 6. The van der Waals surface area contributed by atoms with Crippen molar-refractivity contribution in [2.75, 3.05) is 7.11 Å². The van der Waals surface area contributed by atoms with E-state index in [1.807, 2.05) is 0 Å². The number of Topliss-reactive ketones (excluding diaryl/α,β-unsaturated/α-hetero) is 1. The Labute approximate surface area is 236 Å². The highest BCUT2D eigenvalue weighted by atomic mass is 16.5. The van der Waals surface area contributed by atoms with Crippen LogP contribution in [0.2, 0.25) is 0 Å². The molecule has 0 amide bonds. The van der Waals surface area contributed by atoms with Crippen LogP contribution >= 0.6 is 0 Å². The summed E-state index contributed by atoms with van der Waals surface area (Å²) in [7, 11) is 1.37. The van der Waals surface area contributed by atoms with Gasteiger partial charge >= 0.3 is 0 Å². The molecule has 6 N–H and O–H groups in total. The molecule has 1 aromatic heterocycles. The van der Waals surface area contributed by atoms with Crippen molar-refractivity contribution in [1.82, 2.24) is 0 Å². The van der Waals surface area contributed by atoms with Gasteiger partial charge in [-0.3, -0.25) is 9.59 Å². The fourth-order valence-corrected chi connectivity index (χ4v) is 5.24. The van der Waals surface area contributed by atoms with Crippen molar-refractivity contribution in [2.45, 2.75) is 12.0 Å². The van der Waals surface area contributed by atoms with Crippen LogP contribution in [0.1, 0.15) is 33.5 Å². The number of carbonyl (C=O) groups excluding carboxylic acids is 1. The normalized spacial score (nSPS) is 16.2. The average Bonchev–Trinajstić information content (AvgIpc) is 2.93. The van der Waals surface area contributed by atoms with E-state index in [9.17, 15) is 40.2 Å². The highest BCUT2D eigenvalue weighted by Gasteiger charge is 2.44. The maximum atomic E-state index is 14.1. The third kappa shape index (κ3) is 4.15. The van der Waals surface area contributed by atoms with Gasteiger partial charge in [-0.2, -0.15) is 0 Å². The Balaban J connectivity index is 1.65. The third-order valence-electron chi connectivity index (χ3n) is 7.15. The summed E-state index contributed by atoms with van der Waals surface area (Å²) in [4.78, 5) is 27.4. The number of aromatic hydroxyl groups is 6. The Bertz CT molecular complexity index is 1960. The lowest BCUT2D eigenvalue weighted by Gasteiger charge is -2.34. The molecule has 11 nitrogen and oxygen atoms in total. The van der Waals surface area contributed by atoms with Gasteiger partial charge in [0.25, 0.3) is 0 Å². The fraction of sp³-hybridized carbons (Fsp3) is 0.0968. The zero-order valence-corrected chi connectivity index (χ0v) is 21.7.